The summed E-state index contributed by atoms with van der Waals surface area (Å²) in [7, 11) is 0. The third-order valence-electron chi connectivity index (χ3n) is 4.93. The second-order valence-electron chi connectivity index (χ2n) is 6.94. The van der Waals surface area contributed by atoms with Crippen molar-refractivity contribution in [3.05, 3.63) is 71.8 Å². The zero-order chi connectivity index (χ0) is 16.2. The van der Waals surface area contributed by atoms with Crippen LogP contribution in [0.5, 0.6) is 0 Å². The Morgan fingerprint density at radius 1 is 0.864 bits per heavy atom. The van der Waals surface area contributed by atoms with Crippen molar-refractivity contribution in [2.45, 2.75) is 38.1 Å². The van der Waals surface area contributed by atoms with Crippen LogP contribution in [0.2, 0.25) is 0 Å². The molecule has 2 rings (SSSR count). The summed E-state index contributed by atoms with van der Waals surface area (Å²) in [6.07, 6.45) is 0.932. The molecule has 0 radical (unpaired) electrons. The highest BCUT2D eigenvalue weighted by Crippen LogP contribution is 2.39. The maximum absolute atomic E-state index is 6.36. The molecule has 22 heavy (non-hydrogen) atoms. The van der Waals surface area contributed by atoms with Crippen molar-refractivity contribution in [2.24, 2.45) is 17.4 Å². The first-order valence-electron chi connectivity index (χ1n) is 8.00. The van der Waals surface area contributed by atoms with E-state index in [1.807, 2.05) is 12.1 Å². The van der Waals surface area contributed by atoms with Crippen molar-refractivity contribution in [1.29, 1.82) is 0 Å². The number of hydrogen-bond donors (Lipinski definition) is 2. The Morgan fingerprint density at radius 2 is 1.27 bits per heavy atom. The first-order chi connectivity index (χ1) is 10.4. The van der Waals surface area contributed by atoms with Crippen LogP contribution in [-0.2, 0) is 5.41 Å². The number of nitrogens with two attached hydrogens (primary N) is 2. The molecule has 2 aromatic rings. The molecule has 0 aromatic heterocycles. The van der Waals surface area contributed by atoms with Crippen LogP contribution in [0.3, 0.4) is 0 Å². The summed E-state index contributed by atoms with van der Waals surface area (Å²) in [5, 5.41) is 0. The smallest absolute Gasteiger partial charge is 0.0328 e. The Morgan fingerprint density at radius 3 is 1.59 bits per heavy atom. The molecule has 0 saturated heterocycles. The summed E-state index contributed by atoms with van der Waals surface area (Å²) in [6.45, 7) is 6.97. The van der Waals surface area contributed by atoms with Gasteiger partial charge in [-0.25, -0.2) is 0 Å². The van der Waals surface area contributed by atoms with Crippen molar-refractivity contribution in [3.63, 3.8) is 0 Å². The van der Waals surface area contributed by atoms with Crippen LogP contribution in [-0.4, -0.2) is 12.1 Å². The van der Waals surface area contributed by atoms with Crippen molar-refractivity contribution < 1.29 is 0 Å². The van der Waals surface area contributed by atoms with E-state index in [1.54, 1.807) is 0 Å². The van der Waals surface area contributed by atoms with Crippen LogP contribution in [0, 0.1) is 5.92 Å². The molecule has 0 fully saturated rings. The summed E-state index contributed by atoms with van der Waals surface area (Å²) in [6, 6.07) is 21.1. The standard InChI is InChI=1S/C20H28N2/c1-16(19(2,3)22)14-20(15-21,17-10-6-4-7-11-17)18-12-8-5-9-13-18/h4-13,16H,14-15,21-22H2,1-3H3. The molecule has 2 aromatic carbocycles. The zero-order valence-corrected chi connectivity index (χ0v) is 13.9. The molecule has 2 heteroatoms. The summed E-state index contributed by atoms with van der Waals surface area (Å²) >= 11 is 0. The van der Waals surface area contributed by atoms with Gasteiger partial charge in [0.05, 0.1) is 0 Å². The molecule has 0 amide bonds. The lowest BCUT2D eigenvalue weighted by Gasteiger charge is -2.40. The minimum atomic E-state index is -0.232. The third-order valence-corrected chi connectivity index (χ3v) is 4.93. The molecule has 0 aliphatic heterocycles. The maximum Gasteiger partial charge on any atom is 0.0328 e. The highest BCUT2D eigenvalue weighted by atomic mass is 14.7. The summed E-state index contributed by atoms with van der Waals surface area (Å²) in [4.78, 5) is 0. The number of benzene rings is 2. The van der Waals surface area contributed by atoms with Crippen molar-refractivity contribution in [2.75, 3.05) is 6.54 Å². The first-order valence-corrected chi connectivity index (χ1v) is 8.00. The van der Waals surface area contributed by atoms with Crippen molar-refractivity contribution in [3.8, 4) is 0 Å². The van der Waals surface area contributed by atoms with Gasteiger partial charge in [-0.1, -0.05) is 67.6 Å². The number of hydrogen-bond acceptors (Lipinski definition) is 2. The number of rotatable bonds is 6. The Hall–Kier alpha value is -1.64. The van der Waals surface area contributed by atoms with Gasteiger partial charge in [0.2, 0.25) is 0 Å². The molecular weight excluding hydrogens is 268 g/mol. The van der Waals surface area contributed by atoms with Gasteiger partial charge in [0.15, 0.2) is 0 Å². The molecule has 118 valence electrons. The van der Waals surface area contributed by atoms with Gasteiger partial charge in [-0.2, -0.15) is 0 Å². The normalized spacial score (nSPS) is 13.9. The molecule has 4 N–H and O–H groups in total. The second-order valence-corrected chi connectivity index (χ2v) is 6.94. The zero-order valence-electron chi connectivity index (χ0n) is 13.9. The van der Waals surface area contributed by atoms with Crippen molar-refractivity contribution >= 4 is 0 Å². The predicted molar refractivity (Wildman–Crippen MR) is 94.8 cm³/mol. The Kier molecular flexibility index (Phi) is 5.05. The summed E-state index contributed by atoms with van der Waals surface area (Å²) in [5.74, 6) is 0.344. The van der Waals surface area contributed by atoms with Gasteiger partial charge in [0.1, 0.15) is 0 Å². The van der Waals surface area contributed by atoms with Crippen LogP contribution in [0.1, 0.15) is 38.3 Å². The highest BCUT2D eigenvalue weighted by Gasteiger charge is 2.37. The maximum atomic E-state index is 6.36. The molecule has 0 aliphatic rings. The van der Waals surface area contributed by atoms with Crippen LogP contribution < -0.4 is 11.5 Å². The van der Waals surface area contributed by atoms with Gasteiger partial charge < -0.3 is 11.5 Å². The molecule has 0 bridgehead atoms. The van der Waals surface area contributed by atoms with Gasteiger partial charge in [0, 0.05) is 17.5 Å². The Bertz CT molecular complexity index is 530. The molecule has 1 unspecified atom stereocenters. The van der Waals surface area contributed by atoms with Gasteiger partial charge in [-0.3, -0.25) is 0 Å². The molecule has 0 aliphatic carbocycles. The fraction of sp³-hybridized carbons (Fsp3) is 0.400. The lowest BCUT2D eigenvalue weighted by molar-refractivity contribution is 0.274. The fourth-order valence-corrected chi connectivity index (χ4v) is 3.02. The summed E-state index contributed by atoms with van der Waals surface area (Å²) in [5.41, 5.74) is 14.8. The van der Waals surface area contributed by atoms with Crippen molar-refractivity contribution in [1.82, 2.24) is 0 Å². The largest absolute Gasteiger partial charge is 0.329 e. The molecular formula is C20H28N2. The van der Waals surface area contributed by atoms with Crippen LogP contribution in [0.4, 0.5) is 0 Å². The predicted octanol–water partition coefficient (Wildman–Crippen LogP) is 3.69. The van der Waals surface area contributed by atoms with Crippen LogP contribution >= 0.6 is 0 Å². The lowest BCUT2D eigenvalue weighted by atomic mass is 9.66. The molecule has 0 heterocycles. The van der Waals surface area contributed by atoms with Gasteiger partial charge >= 0.3 is 0 Å². The topological polar surface area (TPSA) is 52.0 Å². The van der Waals surface area contributed by atoms with Crippen LogP contribution in [0.25, 0.3) is 0 Å². The SMILES string of the molecule is CC(CC(CN)(c1ccccc1)c1ccccc1)C(C)(C)N. The van der Waals surface area contributed by atoms with E-state index >= 15 is 0 Å². The Balaban J connectivity index is 2.53. The second kappa shape index (κ2) is 6.64. The fourth-order valence-electron chi connectivity index (χ4n) is 3.02. The summed E-state index contributed by atoms with van der Waals surface area (Å²) < 4.78 is 0. The third kappa shape index (κ3) is 3.40. The minimum absolute atomic E-state index is 0.196. The quantitative estimate of drug-likeness (QED) is 0.854. The average Bonchev–Trinajstić information content (AvgIpc) is 2.53. The Labute approximate surface area is 134 Å². The monoisotopic (exact) mass is 296 g/mol. The molecule has 2 nitrogen and oxygen atoms in total. The lowest BCUT2D eigenvalue weighted by Crippen LogP contribution is -2.46. The van der Waals surface area contributed by atoms with E-state index in [0.29, 0.717) is 12.5 Å². The molecule has 1 atom stereocenters. The molecule has 0 saturated carbocycles. The van der Waals surface area contributed by atoms with E-state index in [4.69, 9.17) is 11.5 Å². The van der Waals surface area contributed by atoms with Gasteiger partial charge in [0.25, 0.3) is 0 Å². The van der Waals surface area contributed by atoms with E-state index in [9.17, 15) is 0 Å². The van der Waals surface area contributed by atoms with Crippen LogP contribution in [0.15, 0.2) is 60.7 Å². The minimum Gasteiger partial charge on any atom is -0.329 e. The molecule has 0 spiro atoms. The first kappa shape index (κ1) is 16.7. The van der Waals surface area contributed by atoms with E-state index < -0.39 is 0 Å². The van der Waals surface area contributed by atoms with E-state index in [-0.39, 0.29) is 11.0 Å². The van der Waals surface area contributed by atoms with E-state index in [2.05, 4.69) is 69.3 Å². The van der Waals surface area contributed by atoms with Gasteiger partial charge in [-0.05, 0) is 37.3 Å². The average molecular weight is 296 g/mol. The van der Waals surface area contributed by atoms with E-state index in [0.717, 1.165) is 6.42 Å². The van der Waals surface area contributed by atoms with E-state index in [1.165, 1.54) is 11.1 Å². The van der Waals surface area contributed by atoms with Gasteiger partial charge in [-0.15, -0.1) is 0 Å². The highest BCUT2D eigenvalue weighted by molar-refractivity contribution is 5.40.